The molecule has 0 unspecified atom stereocenters. The Labute approximate surface area is 80.0 Å². The Kier molecular flexibility index (Phi) is 3.82. The molecule has 13 heavy (non-hydrogen) atoms. The van der Waals surface area contributed by atoms with Crippen LogP contribution in [0.5, 0.6) is 0 Å². The maximum Gasteiger partial charge on any atom is 0.164 e. The van der Waals surface area contributed by atoms with E-state index in [2.05, 4.69) is 34.7 Å². The summed E-state index contributed by atoms with van der Waals surface area (Å²) in [6, 6.07) is 0. The molecule has 0 saturated carbocycles. The van der Waals surface area contributed by atoms with Gasteiger partial charge in [-0.1, -0.05) is 13.8 Å². The van der Waals surface area contributed by atoms with E-state index in [9.17, 15) is 0 Å². The van der Waals surface area contributed by atoms with E-state index in [0.717, 1.165) is 24.8 Å². The third-order valence-electron chi connectivity index (χ3n) is 1.89. The molecule has 0 amide bonds. The number of rotatable bonds is 5. The number of hydrogen-bond donors (Lipinski definition) is 1. The lowest BCUT2D eigenvalue weighted by Gasteiger charge is -2.05. The molecule has 0 atom stereocenters. The normalized spacial score (nSPS) is 11.1. The lowest BCUT2D eigenvalue weighted by molar-refractivity contribution is 0.524. The van der Waals surface area contributed by atoms with E-state index in [-0.39, 0.29) is 1.43 Å². The summed E-state index contributed by atoms with van der Waals surface area (Å²) in [4.78, 5) is 0. The molecule has 0 aromatic carbocycles. The minimum Gasteiger partial charge on any atom is -0.310 e. The molecule has 0 fully saturated rings. The number of aryl methyl sites for hydroxylation is 1. The van der Waals surface area contributed by atoms with E-state index >= 15 is 0 Å². The van der Waals surface area contributed by atoms with E-state index in [1.165, 1.54) is 6.42 Å². The van der Waals surface area contributed by atoms with Crippen molar-refractivity contribution in [3.05, 3.63) is 5.82 Å². The van der Waals surface area contributed by atoms with Gasteiger partial charge in [-0.2, -0.15) is 0 Å². The monoisotopic (exact) mass is 185 g/mol. The number of hydrogen-bond acceptors (Lipinski definition) is 4. The quantitative estimate of drug-likeness (QED) is 0.682. The number of aromatic nitrogens is 4. The van der Waals surface area contributed by atoms with Crippen LogP contribution in [0.15, 0.2) is 0 Å². The molecule has 0 radical (unpaired) electrons. The lowest BCUT2D eigenvalue weighted by Crippen LogP contribution is -2.18. The van der Waals surface area contributed by atoms with Crippen molar-refractivity contribution in [2.24, 2.45) is 13.0 Å². The first-order valence-electron chi connectivity index (χ1n) is 4.62. The second-order valence-electron chi connectivity index (χ2n) is 3.58. The highest BCUT2D eigenvalue weighted by Crippen LogP contribution is 1.96. The SMILES string of the molecule is CC(C)CCNCc1nnnn1C.[HH]. The first-order valence-corrected chi connectivity index (χ1v) is 4.62. The van der Waals surface area contributed by atoms with Crippen LogP contribution in [0.1, 0.15) is 27.5 Å². The molecular weight excluding hydrogens is 166 g/mol. The van der Waals surface area contributed by atoms with Crippen molar-refractivity contribution in [2.75, 3.05) is 6.54 Å². The molecule has 0 spiro atoms. The summed E-state index contributed by atoms with van der Waals surface area (Å²) < 4.78 is 1.68. The van der Waals surface area contributed by atoms with E-state index in [0.29, 0.717) is 0 Å². The molecule has 0 aliphatic rings. The molecule has 0 saturated heterocycles. The third-order valence-corrected chi connectivity index (χ3v) is 1.89. The highest BCUT2D eigenvalue weighted by molar-refractivity contribution is 4.77. The lowest BCUT2D eigenvalue weighted by atomic mass is 10.1. The third kappa shape index (κ3) is 3.50. The number of nitrogens with one attached hydrogen (secondary N) is 1. The Morgan fingerprint density at radius 1 is 1.54 bits per heavy atom. The predicted octanol–water partition coefficient (Wildman–Crippen LogP) is 0.592. The molecule has 1 rings (SSSR count). The first-order chi connectivity index (χ1) is 6.20. The average Bonchev–Trinajstić information content (AvgIpc) is 2.45. The van der Waals surface area contributed by atoms with Crippen molar-refractivity contribution in [1.82, 2.24) is 25.5 Å². The van der Waals surface area contributed by atoms with Gasteiger partial charge in [0.05, 0.1) is 6.54 Å². The standard InChI is InChI=1S/C8H17N5.H2/c1-7(2)4-5-9-6-8-10-11-12-13(8)3;/h7,9H,4-6H2,1-3H3;1H. The predicted molar refractivity (Wildman–Crippen MR) is 52.1 cm³/mol. The maximum atomic E-state index is 3.87. The summed E-state index contributed by atoms with van der Waals surface area (Å²) in [7, 11) is 1.85. The van der Waals surface area contributed by atoms with Gasteiger partial charge in [0.1, 0.15) is 0 Å². The van der Waals surface area contributed by atoms with Gasteiger partial charge in [0.15, 0.2) is 5.82 Å². The molecular formula is C8H19N5. The van der Waals surface area contributed by atoms with Crippen LogP contribution in [0.2, 0.25) is 0 Å². The van der Waals surface area contributed by atoms with Crippen LogP contribution in [0.3, 0.4) is 0 Å². The van der Waals surface area contributed by atoms with Crippen molar-refractivity contribution >= 4 is 0 Å². The van der Waals surface area contributed by atoms with Crippen molar-refractivity contribution in [2.45, 2.75) is 26.8 Å². The van der Waals surface area contributed by atoms with Gasteiger partial charge >= 0.3 is 0 Å². The Hall–Kier alpha value is -0.970. The van der Waals surface area contributed by atoms with Crippen molar-refractivity contribution in [3.8, 4) is 0 Å². The van der Waals surface area contributed by atoms with Crippen LogP contribution in [0.25, 0.3) is 0 Å². The van der Waals surface area contributed by atoms with E-state index in [1.807, 2.05) is 7.05 Å². The summed E-state index contributed by atoms with van der Waals surface area (Å²) in [5, 5.41) is 14.5. The van der Waals surface area contributed by atoms with Gasteiger partial charge in [-0.25, -0.2) is 4.68 Å². The van der Waals surface area contributed by atoms with Crippen molar-refractivity contribution < 1.29 is 1.43 Å². The highest BCUT2D eigenvalue weighted by Gasteiger charge is 2.00. The van der Waals surface area contributed by atoms with Crippen LogP contribution >= 0.6 is 0 Å². The van der Waals surface area contributed by atoms with Crippen molar-refractivity contribution in [1.29, 1.82) is 0 Å². The summed E-state index contributed by atoms with van der Waals surface area (Å²) in [5.41, 5.74) is 0. The fourth-order valence-electron chi connectivity index (χ4n) is 0.989. The van der Waals surface area contributed by atoms with Crippen LogP contribution in [-0.2, 0) is 13.6 Å². The second kappa shape index (κ2) is 4.91. The summed E-state index contributed by atoms with van der Waals surface area (Å²) >= 11 is 0. The van der Waals surface area contributed by atoms with E-state index in [1.54, 1.807) is 4.68 Å². The minimum atomic E-state index is 0. The van der Waals surface area contributed by atoms with Gasteiger partial charge in [0.2, 0.25) is 0 Å². The van der Waals surface area contributed by atoms with E-state index < -0.39 is 0 Å². The molecule has 1 aromatic rings. The van der Waals surface area contributed by atoms with E-state index in [4.69, 9.17) is 0 Å². The Bertz CT molecular complexity index is 248. The van der Waals surface area contributed by atoms with Gasteiger partial charge in [-0.15, -0.1) is 5.10 Å². The van der Waals surface area contributed by atoms with Gasteiger partial charge in [0.25, 0.3) is 0 Å². The minimum absolute atomic E-state index is 0. The van der Waals surface area contributed by atoms with Gasteiger partial charge in [0, 0.05) is 8.47 Å². The maximum absolute atomic E-state index is 3.87. The number of nitrogens with zero attached hydrogens (tertiary/aromatic N) is 4. The highest BCUT2D eigenvalue weighted by atomic mass is 15.5. The number of tetrazole rings is 1. The fourth-order valence-corrected chi connectivity index (χ4v) is 0.989. The molecule has 76 valence electrons. The zero-order valence-corrected chi connectivity index (χ0v) is 8.49. The topological polar surface area (TPSA) is 55.6 Å². The molecule has 1 aromatic heterocycles. The molecule has 0 aliphatic heterocycles. The average molecular weight is 185 g/mol. The molecule has 1 N–H and O–H groups in total. The zero-order valence-electron chi connectivity index (χ0n) is 8.49. The van der Waals surface area contributed by atoms with Gasteiger partial charge in [-0.05, 0) is 29.3 Å². The van der Waals surface area contributed by atoms with Crippen LogP contribution in [0.4, 0.5) is 0 Å². The van der Waals surface area contributed by atoms with Gasteiger partial charge < -0.3 is 5.32 Å². The molecule has 1 heterocycles. The Morgan fingerprint density at radius 3 is 2.85 bits per heavy atom. The molecule has 0 aliphatic carbocycles. The first kappa shape index (κ1) is 10.1. The van der Waals surface area contributed by atoms with Crippen LogP contribution in [0, 0.1) is 5.92 Å². The molecule has 0 bridgehead atoms. The van der Waals surface area contributed by atoms with Crippen LogP contribution in [-0.4, -0.2) is 26.8 Å². The molecule has 5 nitrogen and oxygen atoms in total. The smallest absolute Gasteiger partial charge is 0.164 e. The largest absolute Gasteiger partial charge is 0.310 e. The fraction of sp³-hybridized carbons (Fsp3) is 0.875. The van der Waals surface area contributed by atoms with Crippen LogP contribution < -0.4 is 5.32 Å². The van der Waals surface area contributed by atoms with Gasteiger partial charge in [-0.3, -0.25) is 0 Å². The Morgan fingerprint density at radius 2 is 2.31 bits per heavy atom. The van der Waals surface area contributed by atoms with Crippen molar-refractivity contribution in [3.63, 3.8) is 0 Å². The zero-order chi connectivity index (χ0) is 9.68. The second-order valence-corrected chi connectivity index (χ2v) is 3.58. The Balaban J connectivity index is 0.00000169. The summed E-state index contributed by atoms with van der Waals surface area (Å²) in [6.07, 6.45) is 1.19. The summed E-state index contributed by atoms with van der Waals surface area (Å²) in [5.74, 6) is 1.62. The summed E-state index contributed by atoms with van der Waals surface area (Å²) in [6.45, 7) is 6.19. The molecule has 5 heteroatoms.